The summed E-state index contributed by atoms with van der Waals surface area (Å²) in [6, 6.07) is 10.2. The number of nitrogens with one attached hydrogen (secondary N) is 1. The molecule has 0 bridgehead atoms. The molecule has 7 heteroatoms. The van der Waals surface area contributed by atoms with Gasteiger partial charge < -0.3 is 24.6 Å². The standard InChI is InChI=1S/C19H21NO6/c1-12-8-15(26-11-19(22)23)4-6-16(12)20-18(21)10-13-9-14(24-2)5-7-17(13)25-3/h4-9H,10-11H2,1-3H3,(H,20,21)(H,22,23). The van der Waals surface area contributed by atoms with Crippen LogP contribution in [-0.2, 0) is 16.0 Å². The van der Waals surface area contributed by atoms with Gasteiger partial charge in [0, 0.05) is 11.3 Å². The molecule has 0 fully saturated rings. The van der Waals surface area contributed by atoms with Crippen molar-refractivity contribution in [3.63, 3.8) is 0 Å². The number of carbonyl (C=O) groups excluding carboxylic acids is 1. The van der Waals surface area contributed by atoms with Gasteiger partial charge in [0.05, 0.1) is 20.6 Å². The Bertz CT molecular complexity index is 803. The number of aliphatic carboxylic acids is 1. The third-order valence-electron chi connectivity index (χ3n) is 3.67. The van der Waals surface area contributed by atoms with E-state index in [2.05, 4.69) is 5.32 Å². The Hall–Kier alpha value is -3.22. The molecule has 2 aromatic rings. The molecule has 2 rings (SSSR count). The Kier molecular flexibility index (Phi) is 6.43. The minimum absolute atomic E-state index is 0.122. The first-order chi connectivity index (χ1) is 12.4. The van der Waals surface area contributed by atoms with Crippen molar-refractivity contribution in [3.8, 4) is 17.2 Å². The van der Waals surface area contributed by atoms with Crippen LogP contribution in [-0.4, -0.2) is 37.8 Å². The van der Waals surface area contributed by atoms with Crippen molar-refractivity contribution in [1.82, 2.24) is 0 Å². The molecule has 138 valence electrons. The summed E-state index contributed by atoms with van der Waals surface area (Å²) < 4.78 is 15.6. The van der Waals surface area contributed by atoms with Crippen LogP contribution >= 0.6 is 0 Å². The predicted octanol–water partition coefficient (Wildman–Crippen LogP) is 2.66. The van der Waals surface area contributed by atoms with E-state index in [0.717, 1.165) is 5.56 Å². The van der Waals surface area contributed by atoms with Crippen LogP contribution in [0.15, 0.2) is 36.4 Å². The Morgan fingerprint density at radius 3 is 2.38 bits per heavy atom. The Morgan fingerprint density at radius 1 is 1.04 bits per heavy atom. The smallest absolute Gasteiger partial charge is 0.341 e. The summed E-state index contributed by atoms with van der Waals surface area (Å²) in [5, 5.41) is 11.5. The quantitative estimate of drug-likeness (QED) is 0.753. The van der Waals surface area contributed by atoms with Crippen molar-refractivity contribution >= 4 is 17.6 Å². The van der Waals surface area contributed by atoms with Gasteiger partial charge in [-0.05, 0) is 48.9 Å². The Balaban J connectivity index is 2.07. The molecule has 7 nitrogen and oxygen atoms in total. The molecule has 0 saturated heterocycles. The topological polar surface area (TPSA) is 94.1 Å². The number of aryl methyl sites for hydroxylation is 1. The molecule has 0 heterocycles. The number of carboxylic acid groups (broad SMARTS) is 1. The number of hydrogen-bond acceptors (Lipinski definition) is 5. The van der Waals surface area contributed by atoms with Crippen LogP contribution in [0, 0.1) is 6.92 Å². The summed E-state index contributed by atoms with van der Waals surface area (Å²) in [7, 11) is 3.10. The zero-order valence-corrected chi connectivity index (χ0v) is 14.9. The van der Waals surface area contributed by atoms with Crippen LogP contribution < -0.4 is 19.5 Å². The summed E-state index contributed by atoms with van der Waals surface area (Å²) in [4.78, 5) is 22.9. The van der Waals surface area contributed by atoms with E-state index in [1.807, 2.05) is 0 Å². The van der Waals surface area contributed by atoms with Gasteiger partial charge in [0.15, 0.2) is 6.61 Å². The lowest BCUT2D eigenvalue weighted by Gasteiger charge is -2.13. The molecule has 0 unspecified atom stereocenters. The van der Waals surface area contributed by atoms with E-state index in [1.165, 1.54) is 0 Å². The van der Waals surface area contributed by atoms with Crippen molar-refractivity contribution in [2.75, 3.05) is 26.1 Å². The fourth-order valence-corrected chi connectivity index (χ4v) is 2.40. The second kappa shape index (κ2) is 8.75. The number of amides is 1. The molecule has 0 aliphatic heterocycles. The molecular weight excluding hydrogens is 338 g/mol. The molecule has 1 amide bonds. The van der Waals surface area contributed by atoms with Crippen LogP contribution in [0.25, 0.3) is 0 Å². The molecule has 2 N–H and O–H groups in total. The maximum atomic E-state index is 12.4. The molecule has 0 spiro atoms. The van der Waals surface area contributed by atoms with Gasteiger partial charge >= 0.3 is 5.97 Å². The maximum absolute atomic E-state index is 12.4. The summed E-state index contributed by atoms with van der Waals surface area (Å²) in [5.74, 6) is 0.420. The monoisotopic (exact) mass is 359 g/mol. The first kappa shape index (κ1) is 19.1. The number of methoxy groups -OCH3 is 2. The van der Waals surface area contributed by atoms with Crippen LogP contribution in [0.1, 0.15) is 11.1 Å². The van der Waals surface area contributed by atoms with Gasteiger partial charge in [-0.15, -0.1) is 0 Å². The van der Waals surface area contributed by atoms with Crippen LogP contribution in [0.5, 0.6) is 17.2 Å². The molecule has 0 radical (unpaired) electrons. The van der Waals surface area contributed by atoms with E-state index < -0.39 is 12.6 Å². The normalized spacial score (nSPS) is 10.1. The number of hydrogen-bond donors (Lipinski definition) is 2. The molecule has 26 heavy (non-hydrogen) atoms. The number of anilines is 1. The van der Waals surface area contributed by atoms with E-state index in [0.29, 0.717) is 28.5 Å². The highest BCUT2D eigenvalue weighted by atomic mass is 16.5. The first-order valence-corrected chi connectivity index (χ1v) is 7.89. The van der Waals surface area contributed by atoms with Gasteiger partial charge in [0.1, 0.15) is 17.2 Å². The molecule has 0 aliphatic carbocycles. The number of ether oxygens (including phenoxy) is 3. The van der Waals surface area contributed by atoms with E-state index in [4.69, 9.17) is 19.3 Å². The van der Waals surface area contributed by atoms with Gasteiger partial charge in [-0.2, -0.15) is 0 Å². The number of rotatable bonds is 8. The van der Waals surface area contributed by atoms with Crippen molar-refractivity contribution in [2.45, 2.75) is 13.3 Å². The lowest BCUT2D eigenvalue weighted by Crippen LogP contribution is -2.16. The summed E-state index contributed by atoms with van der Waals surface area (Å²) in [6.45, 7) is 1.39. The Morgan fingerprint density at radius 2 is 1.77 bits per heavy atom. The van der Waals surface area contributed by atoms with Crippen molar-refractivity contribution in [2.24, 2.45) is 0 Å². The molecule has 2 aromatic carbocycles. The Labute approximate surface area is 151 Å². The summed E-state index contributed by atoms with van der Waals surface area (Å²) >= 11 is 0. The molecular formula is C19H21NO6. The van der Waals surface area contributed by atoms with Crippen LogP contribution in [0.4, 0.5) is 5.69 Å². The van der Waals surface area contributed by atoms with Gasteiger partial charge in [0.2, 0.25) is 5.91 Å². The van der Waals surface area contributed by atoms with Gasteiger partial charge in [-0.1, -0.05) is 0 Å². The molecule has 0 atom stereocenters. The predicted molar refractivity (Wildman–Crippen MR) is 96.2 cm³/mol. The SMILES string of the molecule is COc1ccc(OC)c(CC(=O)Nc2ccc(OCC(=O)O)cc2C)c1. The molecule has 0 aromatic heterocycles. The third-order valence-corrected chi connectivity index (χ3v) is 3.67. The largest absolute Gasteiger partial charge is 0.497 e. The second-order valence-electron chi connectivity index (χ2n) is 5.56. The van der Waals surface area contributed by atoms with Crippen LogP contribution in [0.2, 0.25) is 0 Å². The summed E-state index contributed by atoms with van der Waals surface area (Å²) in [5.41, 5.74) is 2.10. The molecule has 0 saturated carbocycles. The zero-order chi connectivity index (χ0) is 19.1. The average molecular weight is 359 g/mol. The van der Waals surface area contributed by atoms with E-state index >= 15 is 0 Å². The van der Waals surface area contributed by atoms with Gasteiger partial charge in [0.25, 0.3) is 0 Å². The lowest BCUT2D eigenvalue weighted by atomic mass is 10.1. The highest BCUT2D eigenvalue weighted by Gasteiger charge is 2.12. The number of benzene rings is 2. The molecule has 0 aliphatic rings. The van der Waals surface area contributed by atoms with Crippen molar-refractivity contribution in [3.05, 3.63) is 47.5 Å². The van der Waals surface area contributed by atoms with E-state index in [9.17, 15) is 9.59 Å². The summed E-state index contributed by atoms with van der Waals surface area (Å²) in [6.07, 6.45) is 0.122. The zero-order valence-electron chi connectivity index (χ0n) is 14.9. The highest BCUT2D eigenvalue weighted by Crippen LogP contribution is 2.26. The van der Waals surface area contributed by atoms with Gasteiger partial charge in [-0.3, -0.25) is 4.79 Å². The van der Waals surface area contributed by atoms with Crippen molar-refractivity contribution in [1.29, 1.82) is 0 Å². The highest BCUT2D eigenvalue weighted by molar-refractivity contribution is 5.93. The van der Waals surface area contributed by atoms with E-state index in [1.54, 1.807) is 57.5 Å². The van der Waals surface area contributed by atoms with Crippen LogP contribution in [0.3, 0.4) is 0 Å². The van der Waals surface area contributed by atoms with Crippen molar-refractivity contribution < 1.29 is 28.9 Å². The minimum atomic E-state index is -1.05. The number of carboxylic acids is 1. The second-order valence-corrected chi connectivity index (χ2v) is 5.56. The third kappa shape index (κ3) is 5.14. The fourth-order valence-electron chi connectivity index (χ4n) is 2.40. The fraction of sp³-hybridized carbons (Fsp3) is 0.263. The minimum Gasteiger partial charge on any atom is -0.497 e. The lowest BCUT2D eigenvalue weighted by molar-refractivity contribution is -0.139. The first-order valence-electron chi connectivity index (χ1n) is 7.89. The average Bonchev–Trinajstić information content (AvgIpc) is 2.61. The van der Waals surface area contributed by atoms with E-state index in [-0.39, 0.29) is 12.3 Å². The van der Waals surface area contributed by atoms with Gasteiger partial charge in [-0.25, -0.2) is 4.79 Å². The number of carbonyl (C=O) groups is 2. The maximum Gasteiger partial charge on any atom is 0.341 e.